The summed E-state index contributed by atoms with van der Waals surface area (Å²) in [5.41, 5.74) is 0.208. The number of carbonyl (C=O) groups excluding carboxylic acids is 1. The minimum absolute atomic E-state index is 0.0464. The van der Waals surface area contributed by atoms with Crippen molar-refractivity contribution >= 4 is 29.4 Å². The number of aliphatic hydroxyl groups is 1. The maximum atomic E-state index is 12.3. The van der Waals surface area contributed by atoms with Crippen molar-refractivity contribution in [2.24, 2.45) is 0 Å². The Hall–Kier alpha value is -0.650. The van der Waals surface area contributed by atoms with E-state index in [0.717, 1.165) is 16.2 Å². The van der Waals surface area contributed by atoms with Crippen LogP contribution in [0.4, 0.5) is 0 Å². The Morgan fingerprint density at radius 3 is 3.06 bits per heavy atom. The molecule has 1 aromatic carbocycles. The van der Waals surface area contributed by atoms with E-state index in [1.165, 1.54) is 11.8 Å². The summed E-state index contributed by atoms with van der Waals surface area (Å²) in [4.78, 5) is 14.9. The first-order chi connectivity index (χ1) is 7.77. The molecule has 5 heteroatoms. The Morgan fingerprint density at radius 2 is 2.19 bits per heavy atom. The lowest BCUT2D eigenvalue weighted by Crippen LogP contribution is -2.41. The number of benzene rings is 1. The van der Waals surface area contributed by atoms with E-state index in [-0.39, 0.29) is 11.9 Å². The molecule has 2 aliphatic rings. The molecule has 0 aromatic heterocycles. The van der Waals surface area contributed by atoms with Crippen LogP contribution in [0.3, 0.4) is 0 Å². The number of carbonyl (C=O) groups is 1. The highest BCUT2D eigenvalue weighted by molar-refractivity contribution is 8.00. The second-order valence-electron chi connectivity index (χ2n) is 3.85. The van der Waals surface area contributed by atoms with Gasteiger partial charge in [0.1, 0.15) is 5.44 Å². The molecule has 0 saturated carbocycles. The molecule has 2 aliphatic heterocycles. The molecule has 16 heavy (non-hydrogen) atoms. The zero-order chi connectivity index (χ0) is 11.1. The Morgan fingerprint density at radius 1 is 1.38 bits per heavy atom. The van der Waals surface area contributed by atoms with Gasteiger partial charge in [-0.25, -0.2) is 0 Å². The van der Waals surface area contributed by atoms with Gasteiger partial charge in [-0.05, 0) is 12.1 Å². The van der Waals surface area contributed by atoms with Crippen LogP contribution >= 0.6 is 23.5 Å². The molecule has 1 amide bonds. The minimum Gasteiger partial charge on any atom is -0.380 e. The molecular weight excluding hydrogens is 242 g/mol. The maximum absolute atomic E-state index is 12.3. The van der Waals surface area contributed by atoms with Gasteiger partial charge in [0.15, 0.2) is 0 Å². The third-order valence-electron chi connectivity index (χ3n) is 2.87. The van der Waals surface area contributed by atoms with E-state index >= 15 is 0 Å². The van der Waals surface area contributed by atoms with Gasteiger partial charge in [-0.15, -0.1) is 11.8 Å². The van der Waals surface area contributed by atoms with Crippen molar-refractivity contribution in [2.75, 3.05) is 11.6 Å². The summed E-state index contributed by atoms with van der Waals surface area (Å²) in [7, 11) is 0. The quantitative estimate of drug-likeness (QED) is 0.763. The highest BCUT2D eigenvalue weighted by Gasteiger charge is 2.39. The number of aliphatic hydroxyl groups excluding tert-OH is 1. The second-order valence-corrected chi connectivity index (χ2v) is 6.01. The van der Waals surface area contributed by atoms with Gasteiger partial charge in [-0.1, -0.05) is 23.9 Å². The third kappa shape index (κ3) is 1.54. The molecule has 0 bridgehead atoms. The smallest absolute Gasteiger partial charge is 0.256 e. The fourth-order valence-electron chi connectivity index (χ4n) is 2.01. The summed E-state index contributed by atoms with van der Waals surface area (Å²) in [6, 6.07) is 7.46. The molecule has 1 aromatic rings. The fourth-order valence-corrected chi connectivity index (χ4v) is 4.45. The minimum atomic E-state index is -0.511. The molecule has 1 fully saturated rings. The largest absolute Gasteiger partial charge is 0.380 e. The molecule has 0 spiro atoms. The number of fused-ring (bicyclic) bond motifs is 2. The van der Waals surface area contributed by atoms with Crippen LogP contribution in [0.25, 0.3) is 0 Å². The van der Waals surface area contributed by atoms with Gasteiger partial charge in [0, 0.05) is 10.6 Å². The lowest BCUT2D eigenvalue weighted by Gasteiger charge is -2.23. The molecule has 0 aliphatic carbocycles. The SMILES string of the molecule is O=C1c2ccccc2SC(O)C2CSCN12. The summed E-state index contributed by atoms with van der Waals surface area (Å²) < 4.78 is 0. The lowest BCUT2D eigenvalue weighted by molar-refractivity contribution is 0.0667. The zero-order valence-corrected chi connectivity index (χ0v) is 10.1. The molecule has 84 valence electrons. The van der Waals surface area contributed by atoms with Crippen LogP contribution in [0.5, 0.6) is 0 Å². The standard InChI is InChI=1S/C11H11NO2S2/c13-10-7-3-1-2-4-9(7)16-11(14)8-5-15-6-12(8)10/h1-4,8,11,14H,5-6H2. The molecule has 2 unspecified atom stereocenters. The van der Waals surface area contributed by atoms with E-state index in [1.54, 1.807) is 16.7 Å². The van der Waals surface area contributed by atoms with Crippen molar-refractivity contribution in [3.63, 3.8) is 0 Å². The van der Waals surface area contributed by atoms with Gasteiger partial charge in [-0.2, -0.15) is 0 Å². The van der Waals surface area contributed by atoms with E-state index in [9.17, 15) is 9.90 Å². The predicted molar refractivity (Wildman–Crippen MR) is 65.6 cm³/mol. The maximum Gasteiger partial charge on any atom is 0.256 e. The van der Waals surface area contributed by atoms with Crippen molar-refractivity contribution in [2.45, 2.75) is 16.4 Å². The molecule has 0 radical (unpaired) electrons. The average Bonchev–Trinajstić information content (AvgIpc) is 2.74. The van der Waals surface area contributed by atoms with Gasteiger partial charge < -0.3 is 10.0 Å². The lowest BCUT2D eigenvalue weighted by atomic mass is 10.2. The van der Waals surface area contributed by atoms with Gasteiger partial charge in [0.2, 0.25) is 0 Å². The molecule has 3 rings (SSSR count). The van der Waals surface area contributed by atoms with Gasteiger partial charge in [-0.3, -0.25) is 4.79 Å². The molecule has 3 nitrogen and oxygen atoms in total. The van der Waals surface area contributed by atoms with E-state index < -0.39 is 5.44 Å². The summed E-state index contributed by atoms with van der Waals surface area (Å²) in [5.74, 6) is 1.57. The summed E-state index contributed by atoms with van der Waals surface area (Å²) in [6.45, 7) is 0. The van der Waals surface area contributed by atoms with Gasteiger partial charge in [0.05, 0.1) is 17.5 Å². The number of hydrogen-bond donors (Lipinski definition) is 1. The Bertz CT molecular complexity index is 438. The van der Waals surface area contributed by atoms with E-state index in [0.29, 0.717) is 5.88 Å². The fraction of sp³-hybridized carbons (Fsp3) is 0.364. The number of hydrogen-bond acceptors (Lipinski definition) is 4. The van der Waals surface area contributed by atoms with Crippen molar-refractivity contribution in [1.82, 2.24) is 4.90 Å². The summed E-state index contributed by atoms with van der Waals surface area (Å²) in [6.07, 6.45) is 0. The van der Waals surface area contributed by atoms with Crippen LogP contribution in [0.15, 0.2) is 29.2 Å². The highest BCUT2D eigenvalue weighted by Crippen LogP contribution is 2.38. The molecule has 2 heterocycles. The van der Waals surface area contributed by atoms with Crippen LogP contribution in [0, 0.1) is 0 Å². The average molecular weight is 253 g/mol. The van der Waals surface area contributed by atoms with Crippen molar-refractivity contribution in [3.8, 4) is 0 Å². The van der Waals surface area contributed by atoms with E-state index in [2.05, 4.69) is 0 Å². The van der Waals surface area contributed by atoms with Crippen LogP contribution in [-0.2, 0) is 0 Å². The first-order valence-electron chi connectivity index (χ1n) is 5.10. The monoisotopic (exact) mass is 253 g/mol. The summed E-state index contributed by atoms with van der Waals surface area (Å²) >= 11 is 3.10. The number of amides is 1. The van der Waals surface area contributed by atoms with E-state index in [4.69, 9.17) is 0 Å². The third-order valence-corrected chi connectivity index (χ3v) is 5.08. The predicted octanol–water partition coefficient (Wildman–Crippen LogP) is 1.63. The topological polar surface area (TPSA) is 40.5 Å². The van der Waals surface area contributed by atoms with Gasteiger partial charge in [0.25, 0.3) is 5.91 Å². The normalized spacial score (nSPS) is 28.6. The number of rotatable bonds is 0. The van der Waals surface area contributed by atoms with Crippen LogP contribution in [0.2, 0.25) is 0 Å². The number of thioether (sulfide) groups is 2. The van der Waals surface area contributed by atoms with E-state index in [1.807, 2.05) is 24.3 Å². The Kier molecular flexibility index (Phi) is 2.61. The van der Waals surface area contributed by atoms with Crippen LogP contribution in [0.1, 0.15) is 10.4 Å². The van der Waals surface area contributed by atoms with Crippen molar-refractivity contribution in [3.05, 3.63) is 29.8 Å². The van der Waals surface area contributed by atoms with Crippen molar-refractivity contribution in [1.29, 1.82) is 0 Å². The number of nitrogens with zero attached hydrogens (tertiary/aromatic N) is 1. The first kappa shape index (κ1) is 10.5. The summed E-state index contributed by atoms with van der Waals surface area (Å²) in [5, 5.41) is 10.1. The molecule has 1 saturated heterocycles. The second kappa shape index (κ2) is 3.98. The van der Waals surface area contributed by atoms with Crippen molar-refractivity contribution < 1.29 is 9.90 Å². The van der Waals surface area contributed by atoms with Gasteiger partial charge >= 0.3 is 0 Å². The molecule has 1 N–H and O–H groups in total. The molecular formula is C11H11NO2S2. The Labute approximate surface area is 102 Å². The Balaban J connectivity index is 2.08. The first-order valence-corrected chi connectivity index (χ1v) is 7.13. The van der Waals surface area contributed by atoms with Crippen LogP contribution in [-0.4, -0.2) is 39.0 Å². The molecule has 2 atom stereocenters. The van der Waals surface area contributed by atoms with Crippen LogP contribution < -0.4 is 0 Å². The zero-order valence-electron chi connectivity index (χ0n) is 8.50. The highest BCUT2D eigenvalue weighted by atomic mass is 32.2.